The highest BCUT2D eigenvalue weighted by molar-refractivity contribution is 9.10. The molecule has 1 aromatic rings. The van der Waals surface area contributed by atoms with Crippen LogP contribution in [0.15, 0.2) is 22.7 Å². The van der Waals surface area contributed by atoms with E-state index in [-0.39, 0.29) is 11.8 Å². The van der Waals surface area contributed by atoms with Crippen molar-refractivity contribution in [3.8, 4) is 0 Å². The van der Waals surface area contributed by atoms with E-state index in [0.29, 0.717) is 6.54 Å². The van der Waals surface area contributed by atoms with E-state index in [9.17, 15) is 4.79 Å². The van der Waals surface area contributed by atoms with Gasteiger partial charge in [0.25, 0.3) is 0 Å². The minimum atomic E-state index is -0.0592. The largest absolute Gasteiger partial charge is 0.340 e. The van der Waals surface area contributed by atoms with Crippen LogP contribution in [0.1, 0.15) is 11.1 Å². The van der Waals surface area contributed by atoms with Crippen LogP contribution in [0.4, 0.5) is 0 Å². The van der Waals surface area contributed by atoms with Crippen molar-refractivity contribution in [2.24, 2.45) is 0 Å². The Morgan fingerprint density at radius 3 is 2.80 bits per heavy atom. The second kappa shape index (κ2) is 5.52. The maximum Gasteiger partial charge on any atom is 0.237 e. The van der Waals surface area contributed by atoms with Crippen molar-refractivity contribution in [3.05, 3.63) is 33.8 Å². The summed E-state index contributed by atoms with van der Waals surface area (Å²) >= 11 is 8.89. The van der Waals surface area contributed by atoms with Crippen LogP contribution in [0.5, 0.6) is 0 Å². The molecule has 2 nitrogen and oxygen atoms in total. The average molecular weight is 291 g/mol. The molecule has 0 heterocycles. The first-order valence-electron chi connectivity index (χ1n) is 4.59. The molecular formula is C11H13BrClNO. The molecule has 0 saturated heterocycles. The van der Waals surface area contributed by atoms with E-state index in [1.54, 1.807) is 11.9 Å². The second-order valence-electron chi connectivity index (χ2n) is 3.45. The van der Waals surface area contributed by atoms with Crippen LogP contribution in [-0.2, 0) is 11.3 Å². The highest BCUT2D eigenvalue weighted by Gasteiger charge is 2.09. The molecule has 82 valence electrons. The molecule has 1 aromatic carbocycles. The fourth-order valence-corrected chi connectivity index (χ4v) is 1.87. The predicted octanol–water partition coefficient (Wildman–Crippen LogP) is 2.95. The molecule has 0 spiro atoms. The highest BCUT2D eigenvalue weighted by atomic mass is 79.9. The Labute approximate surface area is 103 Å². The minimum absolute atomic E-state index is 0.0313. The third-order valence-corrected chi connectivity index (χ3v) is 2.98. The maximum absolute atomic E-state index is 11.3. The lowest BCUT2D eigenvalue weighted by atomic mass is 10.1. The molecule has 0 bridgehead atoms. The van der Waals surface area contributed by atoms with E-state index in [2.05, 4.69) is 15.9 Å². The van der Waals surface area contributed by atoms with Gasteiger partial charge in [-0.2, -0.15) is 0 Å². The van der Waals surface area contributed by atoms with E-state index in [1.165, 1.54) is 5.56 Å². The summed E-state index contributed by atoms with van der Waals surface area (Å²) in [6.45, 7) is 2.62. The molecular weight excluding hydrogens is 277 g/mol. The van der Waals surface area contributed by atoms with Gasteiger partial charge in [-0.25, -0.2) is 0 Å². The number of hydrogen-bond donors (Lipinski definition) is 0. The molecule has 0 aliphatic carbocycles. The summed E-state index contributed by atoms with van der Waals surface area (Å²) in [5.41, 5.74) is 2.30. The van der Waals surface area contributed by atoms with Crippen molar-refractivity contribution in [2.75, 3.05) is 12.9 Å². The molecule has 4 heteroatoms. The third kappa shape index (κ3) is 3.50. The summed E-state index contributed by atoms with van der Waals surface area (Å²) < 4.78 is 1.02. The van der Waals surface area contributed by atoms with Gasteiger partial charge in [0.15, 0.2) is 0 Å². The van der Waals surface area contributed by atoms with Gasteiger partial charge in [0, 0.05) is 18.1 Å². The first-order valence-corrected chi connectivity index (χ1v) is 5.92. The predicted molar refractivity (Wildman–Crippen MR) is 66.1 cm³/mol. The molecule has 0 radical (unpaired) electrons. The maximum atomic E-state index is 11.3. The fraction of sp³-hybridized carbons (Fsp3) is 0.364. The average Bonchev–Trinajstić information content (AvgIpc) is 2.22. The van der Waals surface area contributed by atoms with E-state index in [4.69, 9.17) is 11.6 Å². The van der Waals surface area contributed by atoms with Crippen LogP contribution in [-0.4, -0.2) is 23.7 Å². The molecule has 0 aromatic heterocycles. The summed E-state index contributed by atoms with van der Waals surface area (Å²) in [4.78, 5) is 12.9. The monoisotopic (exact) mass is 289 g/mol. The lowest BCUT2D eigenvalue weighted by Gasteiger charge is -2.17. The molecule has 0 aliphatic heterocycles. The topological polar surface area (TPSA) is 20.3 Å². The SMILES string of the molecule is Cc1ccc(Br)cc1CN(C)C(=O)CCl. The number of benzene rings is 1. The number of halogens is 2. The third-order valence-electron chi connectivity index (χ3n) is 2.26. The molecule has 0 saturated carbocycles. The Kier molecular flexibility index (Phi) is 4.61. The smallest absolute Gasteiger partial charge is 0.237 e. The van der Waals surface area contributed by atoms with Crippen LogP contribution in [0.3, 0.4) is 0 Å². The minimum Gasteiger partial charge on any atom is -0.340 e. The lowest BCUT2D eigenvalue weighted by molar-refractivity contribution is -0.127. The van der Waals surface area contributed by atoms with Crippen LogP contribution in [0.25, 0.3) is 0 Å². The Morgan fingerprint density at radius 2 is 2.20 bits per heavy atom. The van der Waals surface area contributed by atoms with E-state index < -0.39 is 0 Å². The van der Waals surface area contributed by atoms with Crippen LogP contribution < -0.4 is 0 Å². The van der Waals surface area contributed by atoms with Gasteiger partial charge in [0.1, 0.15) is 5.88 Å². The summed E-state index contributed by atoms with van der Waals surface area (Å²) in [6.07, 6.45) is 0. The Bertz CT molecular complexity index is 368. The quantitative estimate of drug-likeness (QED) is 0.784. The standard InChI is InChI=1S/C11H13BrClNO/c1-8-3-4-10(12)5-9(8)7-14(2)11(15)6-13/h3-5H,6-7H2,1-2H3. The molecule has 1 amide bonds. The van der Waals surface area contributed by atoms with Crippen molar-refractivity contribution >= 4 is 33.4 Å². The van der Waals surface area contributed by atoms with Gasteiger partial charge < -0.3 is 4.90 Å². The van der Waals surface area contributed by atoms with Gasteiger partial charge in [-0.3, -0.25) is 4.79 Å². The van der Waals surface area contributed by atoms with Crippen molar-refractivity contribution in [2.45, 2.75) is 13.5 Å². The molecule has 15 heavy (non-hydrogen) atoms. The van der Waals surface area contributed by atoms with Crippen LogP contribution in [0.2, 0.25) is 0 Å². The Hall–Kier alpha value is -0.540. The summed E-state index contributed by atoms with van der Waals surface area (Å²) in [7, 11) is 1.76. The number of carbonyl (C=O) groups excluding carboxylic acids is 1. The van der Waals surface area contributed by atoms with Crippen molar-refractivity contribution in [3.63, 3.8) is 0 Å². The van der Waals surface area contributed by atoms with Gasteiger partial charge in [-0.05, 0) is 30.2 Å². The van der Waals surface area contributed by atoms with Crippen LogP contribution >= 0.6 is 27.5 Å². The number of carbonyl (C=O) groups is 1. The molecule has 0 N–H and O–H groups in total. The fourth-order valence-electron chi connectivity index (χ4n) is 1.26. The number of nitrogens with zero attached hydrogens (tertiary/aromatic N) is 1. The van der Waals surface area contributed by atoms with Gasteiger partial charge in [-0.15, -0.1) is 11.6 Å². The van der Waals surface area contributed by atoms with Crippen LogP contribution in [0, 0.1) is 6.92 Å². The number of amides is 1. The summed E-state index contributed by atoms with van der Waals surface area (Å²) in [5.74, 6) is -0.0279. The van der Waals surface area contributed by atoms with Gasteiger partial charge >= 0.3 is 0 Å². The Morgan fingerprint density at radius 1 is 1.53 bits per heavy atom. The second-order valence-corrected chi connectivity index (χ2v) is 4.64. The van der Waals surface area contributed by atoms with E-state index in [1.807, 2.05) is 25.1 Å². The molecule has 1 rings (SSSR count). The zero-order chi connectivity index (χ0) is 11.4. The number of hydrogen-bond acceptors (Lipinski definition) is 1. The lowest BCUT2D eigenvalue weighted by Crippen LogP contribution is -2.27. The van der Waals surface area contributed by atoms with Gasteiger partial charge in [0.2, 0.25) is 5.91 Å². The Balaban J connectivity index is 2.80. The number of rotatable bonds is 3. The summed E-state index contributed by atoms with van der Waals surface area (Å²) in [6, 6.07) is 6.04. The molecule has 0 unspecified atom stereocenters. The highest BCUT2D eigenvalue weighted by Crippen LogP contribution is 2.17. The summed E-state index contributed by atoms with van der Waals surface area (Å²) in [5, 5.41) is 0. The van der Waals surface area contributed by atoms with Crippen molar-refractivity contribution in [1.29, 1.82) is 0 Å². The number of alkyl halides is 1. The van der Waals surface area contributed by atoms with Gasteiger partial charge in [-0.1, -0.05) is 22.0 Å². The van der Waals surface area contributed by atoms with E-state index in [0.717, 1.165) is 10.0 Å². The zero-order valence-corrected chi connectivity index (χ0v) is 11.1. The van der Waals surface area contributed by atoms with E-state index >= 15 is 0 Å². The first-order chi connectivity index (χ1) is 7.04. The van der Waals surface area contributed by atoms with Gasteiger partial charge in [0.05, 0.1) is 0 Å². The normalized spacial score (nSPS) is 10.1. The molecule has 0 fully saturated rings. The zero-order valence-electron chi connectivity index (χ0n) is 8.76. The first kappa shape index (κ1) is 12.5. The number of aryl methyl sites for hydroxylation is 1. The van der Waals surface area contributed by atoms with Crippen molar-refractivity contribution < 1.29 is 4.79 Å². The molecule has 0 aliphatic rings. The molecule has 0 atom stereocenters. The van der Waals surface area contributed by atoms with Crippen molar-refractivity contribution in [1.82, 2.24) is 4.90 Å².